The van der Waals surface area contributed by atoms with Crippen molar-refractivity contribution in [1.82, 2.24) is 0 Å². The van der Waals surface area contributed by atoms with E-state index in [9.17, 15) is 45.6 Å². The van der Waals surface area contributed by atoms with Crippen LogP contribution in [0.25, 0.3) is 0 Å². The molecule has 1 saturated heterocycles. The van der Waals surface area contributed by atoms with Gasteiger partial charge in [0.05, 0.1) is 30.5 Å². The summed E-state index contributed by atoms with van der Waals surface area (Å²) in [5, 5.41) is 83.5. The Morgan fingerprint density at radius 1 is 0.907 bits per heavy atom. The minimum absolute atomic E-state index is 0.0730. The third kappa shape index (κ3) is 5.69. The predicted molar refractivity (Wildman–Crippen MR) is 153 cm³/mol. The SMILES string of the molecule is CC(O)C(O)CC[C@@H](C)[C@H]1CC[C@H]2[C@@H]3[C@H](O)C[C@H]4C[C@H](O[C@@H]5O[C@H](C(=O)O)[C@@H](O)[C@H](O)[C@H]5O)CC[C@]4(C)[C@H]3C[C@H](O)[C@]12C. The Bertz CT molecular complexity index is 994. The van der Waals surface area contributed by atoms with Crippen molar-refractivity contribution in [3.8, 4) is 0 Å². The van der Waals surface area contributed by atoms with Gasteiger partial charge in [-0.15, -0.1) is 0 Å². The van der Waals surface area contributed by atoms with Crippen LogP contribution in [0.15, 0.2) is 0 Å². The standard InChI is InChI=1S/C32H54O11/c1-14(5-8-21(34)15(2)33)18-6-7-19-24-20(13-23(36)32(18,19)4)31(3)10-9-17(11-16(31)12-22(24)35)42-30-27(39)25(37)26(38)28(43-30)29(40)41/h14-28,30,33-39H,5-13H2,1-4H3,(H,40,41)/t14-,15?,16-,17-,18-,19+,20+,21?,22-,23+,24+,25+,26+,27-,28+,30-,31+,32-/m1/s1. The van der Waals surface area contributed by atoms with Crippen LogP contribution >= 0.6 is 0 Å². The number of aliphatic hydroxyl groups is 7. The number of aliphatic carboxylic acids is 1. The Morgan fingerprint density at radius 2 is 1.60 bits per heavy atom. The smallest absolute Gasteiger partial charge is 0.335 e. The first-order valence-corrected chi connectivity index (χ1v) is 16.4. The van der Waals surface area contributed by atoms with Gasteiger partial charge in [-0.1, -0.05) is 20.8 Å². The fourth-order valence-electron chi connectivity index (χ4n) is 10.5. The van der Waals surface area contributed by atoms with Gasteiger partial charge >= 0.3 is 5.97 Å². The monoisotopic (exact) mass is 614 g/mol. The fraction of sp³-hybridized carbons (Fsp3) is 0.969. The first-order chi connectivity index (χ1) is 20.1. The topological polar surface area (TPSA) is 197 Å². The molecule has 1 heterocycles. The highest BCUT2D eigenvalue weighted by molar-refractivity contribution is 5.73. The molecule has 5 rings (SSSR count). The van der Waals surface area contributed by atoms with Gasteiger partial charge in [-0.05, 0) is 111 Å². The second kappa shape index (κ2) is 12.4. The molecule has 0 aromatic heterocycles. The van der Waals surface area contributed by atoms with Gasteiger partial charge in [-0.2, -0.15) is 0 Å². The molecule has 0 aromatic rings. The van der Waals surface area contributed by atoms with Gasteiger partial charge in [-0.25, -0.2) is 4.79 Å². The molecule has 2 unspecified atom stereocenters. The molecule has 248 valence electrons. The number of fused-ring (bicyclic) bond motifs is 5. The molecule has 5 fully saturated rings. The lowest BCUT2D eigenvalue weighted by atomic mass is 9.43. The lowest BCUT2D eigenvalue weighted by Gasteiger charge is -2.63. The van der Waals surface area contributed by atoms with Crippen LogP contribution in [0.4, 0.5) is 0 Å². The van der Waals surface area contributed by atoms with Crippen molar-refractivity contribution < 1.29 is 55.1 Å². The van der Waals surface area contributed by atoms with Crippen LogP contribution in [0.2, 0.25) is 0 Å². The average Bonchev–Trinajstić information content (AvgIpc) is 3.31. The van der Waals surface area contributed by atoms with E-state index in [1.165, 1.54) is 0 Å². The summed E-state index contributed by atoms with van der Waals surface area (Å²) in [6.07, 6.45) is -4.78. The van der Waals surface area contributed by atoms with Crippen molar-refractivity contribution in [3.63, 3.8) is 0 Å². The number of rotatable bonds is 8. The number of carboxylic acid groups (broad SMARTS) is 1. The van der Waals surface area contributed by atoms with E-state index in [4.69, 9.17) is 9.47 Å². The van der Waals surface area contributed by atoms with E-state index in [0.29, 0.717) is 32.1 Å². The first kappa shape index (κ1) is 33.5. The Morgan fingerprint density at radius 3 is 2.26 bits per heavy atom. The van der Waals surface area contributed by atoms with E-state index in [-0.39, 0.29) is 52.4 Å². The second-order valence-corrected chi connectivity index (χ2v) is 15.2. The molecule has 11 heteroatoms. The van der Waals surface area contributed by atoms with E-state index in [1.54, 1.807) is 6.92 Å². The van der Waals surface area contributed by atoms with Crippen molar-refractivity contribution in [3.05, 3.63) is 0 Å². The summed E-state index contributed by atoms with van der Waals surface area (Å²) in [6.45, 7) is 8.26. The van der Waals surface area contributed by atoms with Crippen LogP contribution in [-0.2, 0) is 14.3 Å². The molecule has 11 nitrogen and oxygen atoms in total. The van der Waals surface area contributed by atoms with E-state index in [0.717, 1.165) is 25.7 Å². The molecule has 43 heavy (non-hydrogen) atoms. The number of aliphatic hydroxyl groups excluding tert-OH is 7. The molecule has 0 radical (unpaired) electrons. The first-order valence-electron chi connectivity index (χ1n) is 16.4. The molecule has 8 N–H and O–H groups in total. The molecular weight excluding hydrogens is 560 g/mol. The van der Waals surface area contributed by atoms with Gasteiger partial charge < -0.3 is 50.3 Å². The lowest BCUT2D eigenvalue weighted by Crippen LogP contribution is -2.63. The number of hydrogen-bond donors (Lipinski definition) is 8. The normalized spacial score (nSPS) is 51.9. The zero-order valence-electron chi connectivity index (χ0n) is 25.9. The molecule has 4 saturated carbocycles. The van der Waals surface area contributed by atoms with Gasteiger partial charge in [0.25, 0.3) is 0 Å². The van der Waals surface area contributed by atoms with Gasteiger partial charge in [0.1, 0.15) is 18.3 Å². The van der Waals surface area contributed by atoms with Gasteiger partial charge in [0, 0.05) is 0 Å². The predicted octanol–water partition coefficient (Wildman–Crippen LogP) is 1.02. The number of hydrogen-bond acceptors (Lipinski definition) is 10. The molecular formula is C32H54O11. The zero-order chi connectivity index (χ0) is 31.6. The average molecular weight is 615 g/mol. The molecule has 4 aliphatic carbocycles. The Labute approximate surface area is 254 Å². The van der Waals surface area contributed by atoms with Crippen LogP contribution in [0.1, 0.15) is 85.5 Å². The molecule has 18 atom stereocenters. The largest absolute Gasteiger partial charge is 0.479 e. The fourth-order valence-corrected chi connectivity index (χ4v) is 10.5. The van der Waals surface area contributed by atoms with E-state index in [1.807, 2.05) is 0 Å². The summed E-state index contributed by atoms with van der Waals surface area (Å²) >= 11 is 0. The van der Waals surface area contributed by atoms with Gasteiger partial charge in [0.2, 0.25) is 0 Å². The number of carbonyl (C=O) groups is 1. The van der Waals surface area contributed by atoms with Crippen molar-refractivity contribution in [2.45, 2.75) is 147 Å². The van der Waals surface area contributed by atoms with Crippen LogP contribution in [0.3, 0.4) is 0 Å². The molecule has 0 spiro atoms. The Hall–Kier alpha value is -0.890. The molecule has 1 aliphatic heterocycles. The lowest BCUT2D eigenvalue weighted by molar-refractivity contribution is -0.310. The highest BCUT2D eigenvalue weighted by Crippen LogP contribution is 2.68. The highest BCUT2D eigenvalue weighted by Gasteiger charge is 2.66. The van der Waals surface area contributed by atoms with Crippen LogP contribution in [0.5, 0.6) is 0 Å². The third-order valence-electron chi connectivity index (χ3n) is 13.1. The summed E-state index contributed by atoms with van der Waals surface area (Å²) < 4.78 is 11.4. The third-order valence-corrected chi connectivity index (χ3v) is 13.1. The Balaban J connectivity index is 1.28. The summed E-state index contributed by atoms with van der Waals surface area (Å²) in [7, 11) is 0. The van der Waals surface area contributed by atoms with Crippen LogP contribution < -0.4 is 0 Å². The minimum Gasteiger partial charge on any atom is -0.479 e. The van der Waals surface area contributed by atoms with Crippen LogP contribution in [-0.4, -0.2) is 108 Å². The summed E-state index contributed by atoms with van der Waals surface area (Å²) in [4.78, 5) is 11.5. The summed E-state index contributed by atoms with van der Waals surface area (Å²) in [5.74, 6) is -0.443. The van der Waals surface area contributed by atoms with Crippen molar-refractivity contribution >= 4 is 5.97 Å². The highest BCUT2D eigenvalue weighted by atomic mass is 16.7. The minimum atomic E-state index is -1.77. The molecule has 0 amide bonds. The number of ether oxygens (including phenoxy) is 2. The second-order valence-electron chi connectivity index (χ2n) is 15.2. The van der Waals surface area contributed by atoms with Crippen molar-refractivity contribution in [1.29, 1.82) is 0 Å². The van der Waals surface area contributed by atoms with Gasteiger partial charge in [-0.3, -0.25) is 0 Å². The summed E-state index contributed by atoms with van der Waals surface area (Å²) in [6, 6.07) is 0. The zero-order valence-corrected chi connectivity index (χ0v) is 25.9. The van der Waals surface area contributed by atoms with Gasteiger partial charge in [0.15, 0.2) is 12.4 Å². The van der Waals surface area contributed by atoms with Crippen molar-refractivity contribution in [2.24, 2.45) is 46.3 Å². The van der Waals surface area contributed by atoms with Crippen molar-refractivity contribution in [2.75, 3.05) is 0 Å². The maximum absolute atomic E-state index is 11.8. The quantitative estimate of drug-likeness (QED) is 0.182. The Kier molecular flexibility index (Phi) is 9.63. The number of carboxylic acids is 1. The molecule has 5 aliphatic rings. The van der Waals surface area contributed by atoms with E-state index in [2.05, 4.69) is 20.8 Å². The maximum atomic E-state index is 11.8. The molecule has 0 aromatic carbocycles. The molecule has 0 bridgehead atoms. The van der Waals surface area contributed by atoms with Crippen LogP contribution in [0, 0.1) is 46.3 Å². The maximum Gasteiger partial charge on any atom is 0.335 e. The van der Waals surface area contributed by atoms with E-state index < -0.39 is 61.1 Å². The summed E-state index contributed by atoms with van der Waals surface area (Å²) in [5.41, 5.74) is -0.468. The van der Waals surface area contributed by atoms with E-state index >= 15 is 0 Å².